The van der Waals surface area contributed by atoms with Crippen molar-refractivity contribution < 1.29 is 0 Å². The maximum absolute atomic E-state index is 3.67. The zero-order chi connectivity index (χ0) is 18.8. The first-order valence-corrected chi connectivity index (χ1v) is 10.8. The first-order valence-electron chi connectivity index (χ1n) is 9.26. The highest BCUT2D eigenvalue weighted by Gasteiger charge is 2.15. The predicted molar refractivity (Wildman–Crippen MR) is 129 cm³/mol. The summed E-state index contributed by atoms with van der Waals surface area (Å²) >= 11 is 7.35. The van der Waals surface area contributed by atoms with Crippen LogP contribution in [0.5, 0.6) is 0 Å². The minimum atomic E-state index is 1.11. The number of hydrogen-bond acceptors (Lipinski definition) is 0. The second-order valence-corrected chi connectivity index (χ2v) is 9.05. The number of halogens is 2. The van der Waals surface area contributed by atoms with E-state index in [-0.39, 0.29) is 0 Å². The van der Waals surface area contributed by atoms with Crippen molar-refractivity contribution in [1.82, 2.24) is 0 Å². The van der Waals surface area contributed by atoms with Gasteiger partial charge in [-0.1, -0.05) is 92.5 Å². The van der Waals surface area contributed by atoms with Crippen LogP contribution in [0.1, 0.15) is 0 Å². The van der Waals surface area contributed by atoms with Crippen LogP contribution in [-0.4, -0.2) is 0 Å². The Morgan fingerprint density at radius 1 is 0.357 bits per heavy atom. The van der Waals surface area contributed by atoms with Crippen molar-refractivity contribution in [2.24, 2.45) is 0 Å². The number of fused-ring (bicyclic) bond motifs is 11. The van der Waals surface area contributed by atoms with E-state index in [0.29, 0.717) is 0 Å². The fourth-order valence-electron chi connectivity index (χ4n) is 4.62. The van der Waals surface area contributed by atoms with Gasteiger partial charge in [0.15, 0.2) is 0 Å². The molecule has 0 unspecified atom stereocenters. The fourth-order valence-corrected chi connectivity index (χ4v) is 5.34. The Morgan fingerprint density at radius 2 is 0.714 bits per heavy atom. The molecule has 0 fully saturated rings. The molecule has 0 radical (unpaired) electrons. The summed E-state index contributed by atoms with van der Waals surface area (Å²) in [5.41, 5.74) is 0. The van der Waals surface area contributed by atoms with Gasteiger partial charge in [0.1, 0.15) is 0 Å². The van der Waals surface area contributed by atoms with Crippen LogP contribution in [-0.2, 0) is 0 Å². The molecule has 0 nitrogen and oxygen atoms in total. The summed E-state index contributed by atoms with van der Waals surface area (Å²) in [6.07, 6.45) is 0. The van der Waals surface area contributed by atoms with Gasteiger partial charge in [-0.2, -0.15) is 0 Å². The van der Waals surface area contributed by atoms with E-state index in [9.17, 15) is 0 Å². The van der Waals surface area contributed by atoms with Crippen molar-refractivity contribution in [3.05, 3.63) is 93.9 Å². The molecule has 0 amide bonds. The normalized spacial score (nSPS) is 11.9. The lowest BCUT2D eigenvalue weighted by Gasteiger charge is -2.16. The topological polar surface area (TPSA) is 0 Å². The number of hydrogen-bond donors (Lipinski definition) is 0. The van der Waals surface area contributed by atoms with Gasteiger partial charge in [0, 0.05) is 8.95 Å². The average molecular weight is 486 g/mol. The van der Waals surface area contributed by atoms with E-state index < -0.39 is 0 Å². The second-order valence-electron chi connectivity index (χ2n) is 7.22. The molecule has 0 aliphatic heterocycles. The molecule has 0 atom stereocenters. The highest BCUT2D eigenvalue weighted by molar-refractivity contribution is 9.10. The van der Waals surface area contributed by atoms with Gasteiger partial charge in [-0.25, -0.2) is 0 Å². The molecule has 6 aromatic rings. The van der Waals surface area contributed by atoms with Crippen molar-refractivity contribution in [2.45, 2.75) is 0 Å². The van der Waals surface area contributed by atoms with Gasteiger partial charge >= 0.3 is 0 Å². The Balaban J connectivity index is 2.10. The molecule has 0 saturated heterocycles. The molecule has 0 aliphatic rings. The van der Waals surface area contributed by atoms with Crippen molar-refractivity contribution in [1.29, 1.82) is 0 Å². The third-order valence-electron chi connectivity index (χ3n) is 5.73. The van der Waals surface area contributed by atoms with Crippen LogP contribution in [0.4, 0.5) is 0 Å². The third kappa shape index (κ3) is 2.22. The Kier molecular flexibility index (Phi) is 3.56. The fraction of sp³-hybridized carbons (Fsp3) is 0. The van der Waals surface area contributed by atoms with Crippen LogP contribution in [0, 0.1) is 0 Å². The lowest BCUT2D eigenvalue weighted by molar-refractivity contribution is 1.73. The predicted octanol–water partition coefficient (Wildman–Crippen LogP) is 8.98. The van der Waals surface area contributed by atoms with Crippen molar-refractivity contribution in [2.75, 3.05) is 0 Å². The maximum atomic E-state index is 3.67. The lowest BCUT2D eigenvalue weighted by atomic mass is 9.87. The van der Waals surface area contributed by atoms with Crippen molar-refractivity contribution in [3.8, 4) is 0 Å². The first-order chi connectivity index (χ1) is 13.7. The standard InChI is InChI=1S/C26H14Br2/c27-15-9-11-21-23(13-15)17-5-1-3-7-19(17)25-22-12-10-16(28)14-24(22)18-6-2-4-8-20(18)26(21)25/h1-14H. The van der Waals surface area contributed by atoms with Gasteiger partial charge in [0.2, 0.25) is 0 Å². The average Bonchev–Trinajstić information content (AvgIpc) is 2.73. The van der Waals surface area contributed by atoms with E-state index in [2.05, 4.69) is 117 Å². The highest BCUT2D eigenvalue weighted by atomic mass is 79.9. The van der Waals surface area contributed by atoms with Crippen LogP contribution >= 0.6 is 31.9 Å². The Labute approximate surface area is 179 Å². The minimum absolute atomic E-state index is 1.11. The maximum Gasteiger partial charge on any atom is 0.0181 e. The molecule has 0 N–H and O–H groups in total. The van der Waals surface area contributed by atoms with Crippen LogP contribution in [0.2, 0.25) is 0 Å². The third-order valence-corrected chi connectivity index (χ3v) is 6.71. The molecule has 6 rings (SSSR count). The summed E-state index contributed by atoms with van der Waals surface area (Å²) in [5.74, 6) is 0. The summed E-state index contributed by atoms with van der Waals surface area (Å²) in [4.78, 5) is 0. The van der Waals surface area contributed by atoms with Crippen LogP contribution in [0.15, 0.2) is 93.9 Å². The molecule has 0 aliphatic carbocycles. The zero-order valence-corrected chi connectivity index (χ0v) is 18.0. The quantitative estimate of drug-likeness (QED) is 0.188. The van der Waals surface area contributed by atoms with Gasteiger partial charge in [0.05, 0.1) is 0 Å². The molecule has 2 heteroatoms. The van der Waals surface area contributed by atoms with Crippen LogP contribution < -0.4 is 0 Å². The minimum Gasteiger partial charge on any atom is -0.0616 e. The van der Waals surface area contributed by atoms with Crippen LogP contribution in [0.3, 0.4) is 0 Å². The van der Waals surface area contributed by atoms with E-state index in [1.165, 1.54) is 53.9 Å². The van der Waals surface area contributed by atoms with Gasteiger partial charge in [-0.15, -0.1) is 0 Å². The SMILES string of the molecule is Brc1ccc2c(c1)c1ccccc1c1c3ccc(Br)cc3c3ccccc3c21. The van der Waals surface area contributed by atoms with Gasteiger partial charge in [0.25, 0.3) is 0 Å². The molecule has 0 spiro atoms. The van der Waals surface area contributed by atoms with Crippen LogP contribution in [0.25, 0.3) is 53.9 Å². The molecule has 0 bridgehead atoms. The van der Waals surface area contributed by atoms with Gasteiger partial charge in [-0.05, 0) is 78.1 Å². The largest absolute Gasteiger partial charge is 0.0616 e. The Morgan fingerprint density at radius 3 is 1.14 bits per heavy atom. The van der Waals surface area contributed by atoms with E-state index in [1.807, 2.05) is 0 Å². The molecule has 28 heavy (non-hydrogen) atoms. The molecule has 0 aromatic heterocycles. The summed E-state index contributed by atoms with van der Waals surface area (Å²) in [7, 11) is 0. The summed E-state index contributed by atoms with van der Waals surface area (Å²) in [6, 6.07) is 30.9. The van der Waals surface area contributed by atoms with E-state index in [0.717, 1.165) is 8.95 Å². The number of rotatable bonds is 0. The van der Waals surface area contributed by atoms with Gasteiger partial charge < -0.3 is 0 Å². The summed E-state index contributed by atoms with van der Waals surface area (Å²) in [5, 5.41) is 13.1. The zero-order valence-electron chi connectivity index (χ0n) is 14.8. The molecule has 132 valence electrons. The smallest absolute Gasteiger partial charge is 0.0181 e. The molecular weight excluding hydrogens is 472 g/mol. The second kappa shape index (κ2) is 6.04. The summed E-state index contributed by atoms with van der Waals surface area (Å²) in [6.45, 7) is 0. The lowest BCUT2D eigenvalue weighted by Crippen LogP contribution is -1.88. The van der Waals surface area contributed by atoms with E-state index >= 15 is 0 Å². The highest BCUT2D eigenvalue weighted by Crippen LogP contribution is 2.44. The molecule has 0 saturated carbocycles. The molecule has 0 heterocycles. The van der Waals surface area contributed by atoms with Crippen molar-refractivity contribution in [3.63, 3.8) is 0 Å². The number of benzene rings is 6. The van der Waals surface area contributed by atoms with E-state index in [4.69, 9.17) is 0 Å². The Hall–Kier alpha value is -2.42. The molecular formula is C26H14Br2. The summed E-state index contributed by atoms with van der Waals surface area (Å²) < 4.78 is 2.22. The Bertz CT molecular complexity index is 1460. The monoisotopic (exact) mass is 484 g/mol. The van der Waals surface area contributed by atoms with Gasteiger partial charge in [-0.3, -0.25) is 0 Å². The van der Waals surface area contributed by atoms with Crippen molar-refractivity contribution >= 4 is 85.7 Å². The molecule has 6 aromatic carbocycles. The first kappa shape index (κ1) is 16.5. The van der Waals surface area contributed by atoms with E-state index in [1.54, 1.807) is 0 Å².